The monoisotopic (exact) mass is 319 g/mol. The first-order chi connectivity index (χ1) is 10.5. The van der Waals surface area contributed by atoms with Gasteiger partial charge in [-0.3, -0.25) is 15.4 Å². The lowest BCUT2D eigenvalue weighted by Gasteiger charge is -2.27. The highest BCUT2D eigenvalue weighted by Gasteiger charge is 2.23. The third-order valence-electron chi connectivity index (χ3n) is 3.87. The Morgan fingerprint density at radius 2 is 1.57 bits per heavy atom. The van der Waals surface area contributed by atoms with Gasteiger partial charge in [-0.15, -0.1) is 0 Å². The van der Waals surface area contributed by atoms with E-state index in [-0.39, 0.29) is 11.5 Å². The fourth-order valence-electron chi connectivity index (χ4n) is 2.44. The number of carbonyl (C=O) groups is 2. The molecule has 0 aromatic heterocycles. The highest BCUT2D eigenvalue weighted by Crippen LogP contribution is 2.27. The van der Waals surface area contributed by atoms with Crippen molar-refractivity contribution in [2.45, 2.75) is 59.0 Å². The topological polar surface area (TPSA) is 84.2 Å². The molecule has 5 nitrogen and oxygen atoms in total. The van der Waals surface area contributed by atoms with Crippen molar-refractivity contribution in [1.29, 1.82) is 0 Å². The number of nitrogens with one attached hydrogen (secondary N) is 2. The second kappa shape index (κ2) is 7.59. The summed E-state index contributed by atoms with van der Waals surface area (Å²) >= 11 is 0. The number of hydrogen-bond acceptors (Lipinski definition) is 3. The van der Waals surface area contributed by atoms with Crippen molar-refractivity contribution in [3.63, 3.8) is 0 Å². The second-order valence-corrected chi connectivity index (χ2v) is 7.34. The molecule has 0 saturated heterocycles. The van der Waals surface area contributed by atoms with Crippen LogP contribution >= 0.6 is 0 Å². The normalized spacial score (nSPS) is 14.4. The van der Waals surface area contributed by atoms with Crippen molar-refractivity contribution in [2.75, 3.05) is 0 Å². The van der Waals surface area contributed by atoms with Gasteiger partial charge in [0.25, 0.3) is 0 Å². The molecule has 3 amide bonds. The van der Waals surface area contributed by atoms with Gasteiger partial charge in [0, 0.05) is 6.04 Å². The minimum Gasteiger partial charge on any atom is -0.351 e. The summed E-state index contributed by atoms with van der Waals surface area (Å²) in [5.74, 6) is -0.131. The molecule has 1 aromatic rings. The molecule has 2 atom stereocenters. The average molecular weight is 319 g/mol. The Morgan fingerprint density at radius 3 is 1.96 bits per heavy atom. The Balaban J connectivity index is 2.90. The summed E-state index contributed by atoms with van der Waals surface area (Å²) < 4.78 is 0. The number of carbonyl (C=O) groups excluding carboxylic acids is 2. The van der Waals surface area contributed by atoms with E-state index in [0.29, 0.717) is 5.92 Å². The van der Waals surface area contributed by atoms with Gasteiger partial charge < -0.3 is 5.73 Å². The van der Waals surface area contributed by atoms with Crippen LogP contribution in [0.3, 0.4) is 0 Å². The van der Waals surface area contributed by atoms with Gasteiger partial charge in [0.2, 0.25) is 5.91 Å². The molecule has 0 unspecified atom stereocenters. The van der Waals surface area contributed by atoms with Crippen LogP contribution in [0.2, 0.25) is 0 Å². The van der Waals surface area contributed by atoms with Crippen LogP contribution in [0.4, 0.5) is 4.79 Å². The minimum atomic E-state index is -0.834. The Bertz CT molecular complexity index is 544. The summed E-state index contributed by atoms with van der Waals surface area (Å²) in [5, 5.41) is 5.38. The molecule has 1 aromatic carbocycles. The molecule has 0 spiro atoms. The van der Waals surface area contributed by atoms with E-state index in [9.17, 15) is 9.59 Å². The lowest BCUT2D eigenvalue weighted by atomic mass is 9.85. The van der Waals surface area contributed by atoms with Crippen LogP contribution in [0, 0.1) is 5.92 Å². The van der Waals surface area contributed by atoms with E-state index in [1.807, 2.05) is 0 Å². The van der Waals surface area contributed by atoms with Crippen LogP contribution in [0.15, 0.2) is 24.3 Å². The number of rotatable bonds is 5. The third kappa shape index (κ3) is 5.67. The minimum absolute atomic E-state index is 0.0117. The number of hydrogen-bond donors (Lipinski definition) is 3. The number of urea groups is 1. The Labute approximate surface area is 139 Å². The number of amides is 3. The smallest absolute Gasteiger partial charge is 0.318 e. The zero-order valence-electron chi connectivity index (χ0n) is 14.9. The van der Waals surface area contributed by atoms with Crippen molar-refractivity contribution < 1.29 is 9.59 Å². The fourth-order valence-corrected chi connectivity index (χ4v) is 2.44. The number of benzene rings is 1. The molecule has 5 heteroatoms. The maximum Gasteiger partial charge on any atom is 0.318 e. The molecule has 128 valence electrons. The molecule has 0 radical (unpaired) electrons. The van der Waals surface area contributed by atoms with Gasteiger partial charge in [0.05, 0.1) is 6.04 Å². The van der Waals surface area contributed by atoms with E-state index in [2.05, 4.69) is 69.5 Å². The van der Waals surface area contributed by atoms with Gasteiger partial charge in [0.1, 0.15) is 0 Å². The molecular formula is C18H29N3O2. The van der Waals surface area contributed by atoms with Crippen LogP contribution < -0.4 is 16.4 Å². The van der Waals surface area contributed by atoms with Crippen molar-refractivity contribution in [2.24, 2.45) is 11.7 Å². The molecule has 1 rings (SSSR count). The molecule has 0 aliphatic carbocycles. The van der Waals surface area contributed by atoms with E-state index in [1.54, 1.807) is 6.92 Å². The first-order valence-electron chi connectivity index (χ1n) is 7.99. The van der Waals surface area contributed by atoms with E-state index in [0.717, 1.165) is 5.56 Å². The van der Waals surface area contributed by atoms with Gasteiger partial charge in [-0.1, -0.05) is 58.9 Å². The zero-order valence-corrected chi connectivity index (χ0v) is 14.9. The number of primary amides is 1. The SMILES string of the molecule is CC(C)[C@H](N[C@@H](C)C(=O)NC(N)=O)c1ccc(C(C)(C)C)cc1. The molecule has 23 heavy (non-hydrogen) atoms. The van der Waals surface area contributed by atoms with Crippen LogP contribution in [0.25, 0.3) is 0 Å². The van der Waals surface area contributed by atoms with Crippen LogP contribution in [0.5, 0.6) is 0 Å². The van der Waals surface area contributed by atoms with Crippen molar-refractivity contribution >= 4 is 11.9 Å². The van der Waals surface area contributed by atoms with Crippen LogP contribution in [-0.4, -0.2) is 18.0 Å². The van der Waals surface area contributed by atoms with Gasteiger partial charge >= 0.3 is 6.03 Å². The maximum absolute atomic E-state index is 11.9. The molecule has 0 fully saturated rings. The van der Waals surface area contributed by atoms with E-state index in [4.69, 9.17) is 5.73 Å². The zero-order chi connectivity index (χ0) is 17.8. The van der Waals surface area contributed by atoms with Gasteiger partial charge in [-0.2, -0.15) is 0 Å². The lowest BCUT2D eigenvalue weighted by molar-refractivity contribution is -0.121. The summed E-state index contributed by atoms with van der Waals surface area (Å²) in [4.78, 5) is 22.7. The molecular weight excluding hydrogens is 290 g/mol. The average Bonchev–Trinajstić information content (AvgIpc) is 2.42. The summed E-state index contributed by atoms with van der Waals surface area (Å²) in [6.07, 6.45) is 0. The Hall–Kier alpha value is -1.88. The predicted molar refractivity (Wildman–Crippen MR) is 93.0 cm³/mol. The van der Waals surface area contributed by atoms with Crippen molar-refractivity contribution in [3.05, 3.63) is 35.4 Å². The van der Waals surface area contributed by atoms with Crippen LogP contribution in [0.1, 0.15) is 58.7 Å². The molecule has 4 N–H and O–H groups in total. The highest BCUT2D eigenvalue weighted by atomic mass is 16.2. The molecule has 0 aliphatic rings. The van der Waals surface area contributed by atoms with Gasteiger partial charge in [-0.05, 0) is 29.4 Å². The van der Waals surface area contributed by atoms with Crippen molar-refractivity contribution in [1.82, 2.24) is 10.6 Å². The van der Waals surface area contributed by atoms with E-state index >= 15 is 0 Å². The summed E-state index contributed by atoms with van der Waals surface area (Å²) in [6.45, 7) is 12.4. The third-order valence-corrected chi connectivity index (χ3v) is 3.87. The molecule has 0 aliphatic heterocycles. The Kier molecular flexibility index (Phi) is 6.33. The number of imide groups is 1. The van der Waals surface area contributed by atoms with Crippen LogP contribution in [-0.2, 0) is 10.2 Å². The van der Waals surface area contributed by atoms with E-state index in [1.165, 1.54) is 5.56 Å². The fraction of sp³-hybridized carbons (Fsp3) is 0.556. The Morgan fingerprint density at radius 1 is 1.04 bits per heavy atom. The lowest BCUT2D eigenvalue weighted by Crippen LogP contribution is -2.48. The van der Waals surface area contributed by atoms with Gasteiger partial charge in [0.15, 0.2) is 0 Å². The first-order valence-corrected chi connectivity index (χ1v) is 7.99. The molecule has 0 bridgehead atoms. The molecule has 0 heterocycles. The summed E-state index contributed by atoms with van der Waals surface area (Å²) in [5.41, 5.74) is 7.48. The molecule has 0 saturated carbocycles. The highest BCUT2D eigenvalue weighted by molar-refractivity contribution is 5.96. The largest absolute Gasteiger partial charge is 0.351 e. The quantitative estimate of drug-likeness (QED) is 0.780. The maximum atomic E-state index is 11.9. The summed E-state index contributed by atoms with van der Waals surface area (Å²) in [7, 11) is 0. The predicted octanol–water partition coefficient (Wildman–Crippen LogP) is 2.85. The standard InChI is InChI=1S/C18H29N3O2/c1-11(2)15(20-12(3)16(22)21-17(19)23)13-7-9-14(10-8-13)18(4,5)6/h7-12,15,20H,1-6H3,(H3,19,21,22,23)/t12-,15-/m0/s1. The van der Waals surface area contributed by atoms with Crippen molar-refractivity contribution in [3.8, 4) is 0 Å². The second-order valence-electron chi connectivity index (χ2n) is 7.34. The number of nitrogens with two attached hydrogens (primary N) is 1. The summed E-state index contributed by atoms with van der Waals surface area (Å²) in [6, 6.07) is 7.10. The first kappa shape index (κ1) is 19.2. The van der Waals surface area contributed by atoms with E-state index < -0.39 is 18.0 Å². The van der Waals surface area contributed by atoms with Gasteiger partial charge in [-0.25, -0.2) is 4.79 Å².